The van der Waals surface area contributed by atoms with Crippen molar-refractivity contribution in [2.45, 2.75) is 63.5 Å². The van der Waals surface area contributed by atoms with E-state index in [4.69, 9.17) is 21.6 Å². The summed E-state index contributed by atoms with van der Waals surface area (Å²) in [5.41, 5.74) is 2.82. The Labute approximate surface area is 205 Å². The summed E-state index contributed by atoms with van der Waals surface area (Å²) in [6, 6.07) is 8.31. The summed E-state index contributed by atoms with van der Waals surface area (Å²) in [7, 11) is 0. The minimum absolute atomic E-state index is 0.305. The van der Waals surface area contributed by atoms with Gasteiger partial charge >= 0.3 is 0 Å². The molecule has 4 heterocycles. The average molecular weight is 480 g/mol. The van der Waals surface area contributed by atoms with Crippen molar-refractivity contribution in [1.82, 2.24) is 15.0 Å². The summed E-state index contributed by atoms with van der Waals surface area (Å²) in [5, 5.41) is 1.53. The number of piperidine rings is 1. The number of fused-ring (bicyclic) bond motifs is 1. The Morgan fingerprint density at radius 2 is 1.76 bits per heavy atom. The molecule has 1 aliphatic carbocycles. The number of anilines is 2. The third kappa shape index (κ3) is 3.80. The molecule has 7 heteroatoms. The van der Waals surface area contributed by atoms with Crippen molar-refractivity contribution in [3.8, 4) is 0 Å². The third-order valence-corrected chi connectivity index (χ3v) is 8.26. The topological polar surface area (TPSA) is 45.2 Å². The van der Waals surface area contributed by atoms with Crippen LogP contribution in [0.2, 0.25) is 5.02 Å². The molecule has 3 fully saturated rings. The van der Waals surface area contributed by atoms with Gasteiger partial charge in [-0.2, -0.15) is 0 Å². The van der Waals surface area contributed by atoms with Crippen LogP contribution in [0.15, 0.2) is 30.5 Å². The van der Waals surface area contributed by atoms with E-state index >= 15 is 4.39 Å². The number of rotatable bonds is 4. The van der Waals surface area contributed by atoms with Crippen molar-refractivity contribution in [2.24, 2.45) is 0 Å². The zero-order valence-electron chi connectivity index (χ0n) is 19.7. The molecule has 6 rings (SSSR count). The molecule has 2 aromatic heterocycles. The summed E-state index contributed by atoms with van der Waals surface area (Å²) >= 11 is 6.79. The molecule has 5 nitrogen and oxygen atoms in total. The molecule has 0 N–H and O–H groups in total. The molecule has 178 valence electrons. The second kappa shape index (κ2) is 8.63. The van der Waals surface area contributed by atoms with Gasteiger partial charge in [-0.25, -0.2) is 14.4 Å². The van der Waals surface area contributed by atoms with Gasteiger partial charge in [0.2, 0.25) is 0 Å². The number of hydrogen-bond acceptors (Lipinski definition) is 5. The lowest BCUT2D eigenvalue weighted by Gasteiger charge is -2.36. The highest BCUT2D eigenvalue weighted by molar-refractivity contribution is 6.35. The van der Waals surface area contributed by atoms with Gasteiger partial charge in [0, 0.05) is 55.1 Å². The SMILES string of the molecule is Cc1cccnc1C1CCN(c2nc(C3(F)CCC3)nc3c(Cl)cc(N4CCCC4)cc23)CC1. The summed E-state index contributed by atoms with van der Waals surface area (Å²) in [6.45, 7) is 5.94. The molecule has 34 heavy (non-hydrogen) atoms. The van der Waals surface area contributed by atoms with Crippen molar-refractivity contribution in [1.29, 1.82) is 0 Å². The van der Waals surface area contributed by atoms with Crippen LogP contribution in [-0.2, 0) is 5.67 Å². The molecular weight excluding hydrogens is 449 g/mol. The number of aromatic nitrogens is 3. The van der Waals surface area contributed by atoms with E-state index in [-0.39, 0.29) is 0 Å². The maximum absolute atomic E-state index is 15.5. The van der Waals surface area contributed by atoms with E-state index in [1.54, 1.807) is 0 Å². The standard InChI is InChI=1S/C27H31ClFN5/c1-18-6-4-11-30-23(18)19-7-14-34(15-8-19)25-21-16-20(33-12-2-3-13-33)17-22(28)24(21)31-26(32-25)27(29)9-5-10-27/h4,6,11,16-17,19H,2-3,5,7-10,12-15H2,1H3. The Hall–Kier alpha value is -2.47. The maximum atomic E-state index is 15.5. The first kappa shape index (κ1) is 22.0. The van der Waals surface area contributed by atoms with E-state index < -0.39 is 5.67 Å². The summed E-state index contributed by atoms with van der Waals surface area (Å²) < 4.78 is 15.5. The lowest BCUT2D eigenvalue weighted by molar-refractivity contribution is 0.0512. The molecule has 0 atom stereocenters. The van der Waals surface area contributed by atoms with Crippen molar-refractivity contribution in [2.75, 3.05) is 36.0 Å². The van der Waals surface area contributed by atoms with Crippen molar-refractivity contribution in [3.63, 3.8) is 0 Å². The van der Waals surface area contributed by atoms with E-state index in [1.807, 2.05) is 18.3 Å². The lowest BCUT2D eigenvalue weighted by atomic mass is 9.81. The third-order valence-electron chi connectivity index (χ3n) is 7.97. The normalized spacial score (nSPS) is 20.7. The highest BCUT2D eigenvalue weighted by Crippen LogP contribution is 2.46. The van der Waals surface area contributed by atoms with Gasteiger partial charge in [-0.05, 0) is 75.6 Å². The number of nitrogens with zero attached hydrogens (tertiary/aromatic N) is 5. The van der Waals surface area contributed by atoms with Gasteiger partial charge < -0.3 is 9.80 Å². The monoisotopic (exact) mass is 479 g/mol. The fraction of sp³-hybridized carbons (Fsp3) is 0.519. The Balaban J connectivity index is 1.39. The van der Waals surface area contributed by atoms with Crippen LogP contribution in [-0.4, -0.2) is 41.1 Å². The Morgan fingerprint density at radius 3 is 2.44 bits per heavy atom. The number of aryl methyl sites for hydroxylation is 1. The van der Waals surface area contributed by atoms with E-state index in [9.17, 15) is 0 Å². The van der Waals surface area contributed by atoms with E-state index in [2.05, 4.69) is 33.8 Å². The van der Waals surface area contributed by atoms with Crippen molar-refractivity contribution >= 4 is 34.0 Å². The van der Waals surface area contributed by atoms with Gasteiger partial charge in [-0.3, -0.25) is 4.98 Å². The van der Waals surface area contributed by atoms with Crippen LogP contribution in [0.25, 0.3) is 10.9 Å². The molecule has 1 saturated carbocycles. The zero-order chi connectivity index (χ0) is 23.3. The van der Waals surface area contributed by atoms with Crippen LogP contribution in [0, 0.1) is 6.92 Å². The maximum Gasteiger partial charge on any atom is 0.170 e. The molecule has 0 unspecified atom stereocenters. The fourth-order valence-electron chi connectivity index (χ4n) is 5.76. The second-order valence-corrected chi connectivity index (χ2v) is 10.6. The fourth-order valence-corrected chi connectivity index (χ4v) is 6.02. The number of alkyl halides is 1. The quantitative estimate of drug-likeness (QED) is 0.438. The van der Waals surface area contributed by atoms with Crippen LogP contribution < -0.4 is 9.80 Å². The summed E-state index contributed by atoms with van der Waals surface area (Å²) in [6.07, 6.45) is 8.14. The molecule has 0 radical (unpaired) electrons. The predicted molar refractivity (Wildman–Crippen MR) is 136 cm³/mol. The molecule has 0 bridgehead atoms. The van der Waals surface area contributed by atoms with E-state index in [0.717, 1.165) is 62.3 Å². The van der Waals surface area contributed by atoms with Gasteiger partial charge in [-0.1, -0.05) is 17.7 Å². The largest absolute Gasteiger partial charge is 0.371 e. The van der Waals surface area contributed by atoms with Crippen LogP contribution in [0.3, 0.4) is 0 Å². The number of hydrogen-bond donors (Lipinski definition) is 0. The smallest absolute Gasteiger partial charge is 0.170 e. The molecule has 0 spiro atoms. The molecule has 3 aromatic rings. The number of benzene rings is 1. The Bertz CT molecular complexity index is 1210. The molecule has 0 amide bonds. The zero-order valence-corrected chi connectivity index (χ0v) is 20.5. The highest BCUT2D eigenvalue weighted by Gasteiger charge is 2.43. The minimum Gasteiger partial charge on any atom is -0.371 e. The number of pyridine rings is 1. The Kier molecular flexibility index (Phi) is 5.59. The van der Waals surface area contributed by atoms with Crippen LogP contribution in [0.4, 0.5) is 15.9 Å². The van der Waals surface area contributed by atoms with Crippen molar-refractivity contribution < 1.29 is 4.39 Å². The van der Waals surface area contributed by atoms with Crippen LogP contribution in [0.1, 0.15) is 67.9 Å². The minimum atomic E-state index is -1.43. The van der Waals surface area contributed by atoms with E-state index in [0.29, 0.717) is 35.1 Å². The van der Waals surface area contributed by atoms with E-state index in [1.165, 1.54) is 24.1 Å². The lowest BCUT2D eigenvalue weighted by Crippen LogP contribution is -2.36. The molecule has 2 saturated heterocycles. The van der Waals surface area contributed by atoms with Crippen LogP contribution in [0.5, 0.6) is 0 Å². The number of halogens is 2. The first-order valence-corrected chi connectivity index (χ1v) is 13.0. The van der Waals surface area contributed by atoms with Crippen LogP contribution >= 0.6 is 11.6 Å². The first-order chi connectivity index (χ1) is 16.5. The highest BCUT2D eigenvalue weighted by atomic mass is 35.5. The van der Waals surface area contributed by atoms with Gasteiger partial charge in [0.1, 0.15) is 5.82 Å². The molecule has 2 aliphatic heterocycles. The van der Waals surface area contributed by atoms with Gasteiger partial charge in [0.05, 0.1) is 10.5 Å². The molecule has 1 aromatic carbocycles. The second-order valence-electron chi connectivity index (χ2n) is 10.2. The van der Waals surface area contributed by atoms with Crippen molar-refractivity contribution in [3.05, 3.63) is 52.6 Å². The first-order valence-electron chi connectivity index (χ1n) is 12.6. The molecular formula is C27H31ClFN5. The summed E-state index contributed by atoms with van der Waals surface area (Å²) in [5.74, 6) is 1.58. The molecule has 3 aliphatic rings. The Morgan fingerprint density at radius 1 is 1.00 bits per heavy atom. The van der Waals surface area contributed by atoms with Gasteiger partial charge in [0.25, 0.3) is 0 Å². The van der Waals surface area contributed by atoms with Gasteiger partial charge in [-0.15, -0.1) is 0 Å². The predicted octanol–water partition coefficient (Wildman–Crippen LogP) is 6.32. The average Bonchev–Trinajstić information content (AvgIpc) is 3.38. The van der Waals surface area contributed by atoms with Gasteiger partial charge in [0.15, 0.2) is 11.5 Å². The summed E-state index contributed by atoms with van der Waals surface area (Å²) in [4.78, 5) is 18.9.